The zero-order valence-electron chi connectivity index (χ0n) is 11.3. The molecule has 0 aliphatic heterocycles. The minimum absolute atomic E-state index is 0.275. The Morgan fingerprint density at radius 3 is 2.24 bits per heavy atom. The summed E-state index contributed by atoms with van der Waals surface area (Å²) in [4.78, 5) is 0. The van der Waals surface area contributed by atoms with E-state index in [1.807, 2.05) is 32.9 Å². The Morgan fingerprint density at radius 1 is 1.18 bits per heavy atom. The van der Waals surface area contributed by atoms with Gasteiger partial charge in [-0.25, -0.2) is 0 Å². The largest absolute Gasteiger partial charge is 0.496 e. The van der Waals surface area contributed by atoms with Gasteiger partial charge < -0.3 is 20.5 Å². The number of methoxy groups -OCH3 is 2. The van der Waals surface area contributed by atoms with E-state index in [1.165, 1.54) is 0 Å². The van der Waals surface area contributed by atoms with Crippen molar-refractivity contribution in [1.29, 1.82) is 0 Å². The lowest BCUT2D eigenvalue weighted by Crippen LogP contribution is -2.39. The molecule has 4 nitrogen and oxygen atoms in total. The van der Waals surface area contributed by atoms with Crippen LogP contribution in [0.25, 0.3) is 0 Å². The molecule has 0 aliphatic carbocycles. The lowest BCUT2D eigenvalue weighted by Gasteiger charge is -2.21. The van der Waals surface area contributed by atoms with Gasteiger partial charge in [-0.15, -0.1) is 0 Å². The fraction of sp³-hybridized carbons (Fsp3) is 0.538. The fourth-order valence-electron chi connectivity index (χ4n) is 1.51. The monoisotopic (exact) mass is 238 g/mol. The van der Waals surface area contributed by atoms with Crippen LogP contribution in [0.15, 0.2) is 12.1 Å². The molecule has 0 heterocycles. The Kier molecular flexibility index (Phi) is 4.23. The Hall–Kier alpha value is -1.42. The van der Waals surface area contributed by atoms with Crippen molar-refractivity contribution in [3.05, 3.63) is 17.7 Å². The summed E-state index contributed by atoms with van der Waals surface area (Å²) in [5.41, 5.74) is 7.61. The first-order valence-corrected chi connectivity index (χ1v) is 5.63. The molecule has 1 aromatic rings. The standard InChI is InChI=1S/C13H22N2O2/c1-9-6-12(17-5)10(7-11(9)16-4)15-8-13(2,3)14/h6-7,15H,8,14H2,1-5H3. The first-order valence-electron chi connectivity index (χ1n) is 5.63. The third-order valence-corrected chi connectivity index (χ3v) is 2.45. The van der Waals surface area contributed by atoms with Crippen molar-refractivity contribution in [2.24, 2.45) is 5.73 Å². The quantitative estimate of drug-likeness (QED) is 0.825. The maximum Gasteiger partial charge on any atom is 0.142 e. The van der Waals surface area contributed by atoms with Gasteiger partial charge in [0.1, 0.15) is 11.5 Å². The number of nitrogens with one attached hydrogen (secondary N) is 1. The van der Waals surface area contributed by atoms with E-state index in [2.05, 4.69) is 5.32 Å². The van der Waals surface area contributed by atoms with Gasteiger partial charge in [-0.05, 0) is 32.4 Å². The molecular weight excluding hydrogens is 216 g/mol. The normalized spacial score (nSPS) is 11.2. The summed E-state index contributed by atoms with van der Waals surface area (Å²) in [6.07, 6.45) is 0. The van der Waals surface area contributed by atoms with Crippen LogP contribution in [0.1, 0.15) is 19.4 Å². The van der Waals surface area contributed by atoms with Gasteiger partial charge in [0.15, 0.2) is 0 Å². The third kappa shape index (κ3) is 3.82. The molecule has 0 atom stereocenters. The number of ether oxygens (including phenoxy) is 2. The molecule has 3 N–H and O–H groups in total. The molecule has 0 saturated heterocycles. The smallest absolute Gasteiger partial charge is 0.142 e. The molecule has 96 valence electrons. The topological polar surface area (TPSA) is 56.5 Å². The molecular formula is C13H22N2O2. The molecule has 0 spiro atoms. The van der Waals surface area contributed by atoms with Crippen LogP contribution in [0.4, 0.5) is 5.69 Å². The van der Waals surface area contributed by atoms with Crippen LogP contribution in [0.2, 0.25) is 0 Å². The first kappa shape index (κ1) is 13.6. The van der Waals surface area contributed by atoms with E-state index in [4.69, 9.17) is 15.2 Å². The van der Waals surface area contributed by atoms with Crippen molar-refractivity contribution in [1.82, 2.24) is 0 Å². The predicted molar refractivity (Wildman–Crippen MR) is 71.0 cm³/mol. The molecule has 0 amide bonds. The second-order valence-corrected chi connectivity index (χ2v) is 4.86. The number of anilines is 1. The molecule has 0 aliphatic rings. The number of hydrogen-bond acceptors (Lipinski definition) is 4. The average molecular weight is 238 g/mol. The Balaban J connectivity index is 2.96. The minimum atomic E-state index is -0.275. The molecule has 0 bridgehead atoms. The van der Waals surface area contributed by atoms with Gasteiger partial charge in [0.2, 0.25) is 0 Å². The van der Waals surface area contributed by atoms with Crippen molar-refractivity contribution in [2.75, 3.05) is 26.1 Å². The van der Waals surface area contributed by atoms with Crippen molar-refractivity contribution in [2.45, 2.75) is 26.3 Å². The van der Waals surface area contributed by atoms with Gasteiger partial charge in [-0.3, -0.25) is 0 Å². The van der Waals surface area contributed by atoms with E-state index in [0.717, 1.165) is 22.7 Å². The number of nitrogens with two attached hydrogens (primary N) is 1. The molecule has 0 radical (unpaired) electrons. The summed E-state index contributed by atoms with van der Waals surface area (Å²) < 4.78 is 10.6. The Bertz CT molecular complexity index is 384. The Morgan fingerprint density at radius 2 is 1.76 bits per heavy atom. The highest BCUT2D eigenvalue weighted by Gasteiger charge is 2.13. The lowest BCUT2D eigenvalue weighted by atomic mass is 10.1. The molecule has 17 heavy (non-hydrogen) atoms. The molecule has 1 aromatic carbocycles. The van der Waals surface area contributed by atoms with E-state index in [1.54, 1.807) is 14.2 Å². The number of hydrogen-bond donors (Lipinski definition) is 2. The molecule has 1 rings (SSSR count). The highest BCUT2D eigenvalue weighted by Crippen LogP contribution is 2.32. The zero-order valence-corrected chi connectivity index (χ0v) is 11.3. The average Bonchev–Trinajstić information content (AvgIpc) is 2.25. The zero-order chi connectivity index (χ0) is 13.1. The summed E-state index contributed by atoms with van der Waals surface area (Å²) >= 11 is 0. The van der Waals surface area contributed by atoms with Gasteiger partial charge in [0.05, 0.1) is 19.9 Å². The molecule has 0 saturated carbocycles. The van der Waals surface area contributed by atoms with Crippen LogP contribution < -0.4 is 20.5 Å². The molecule has 0 unspecified atom stereocenters. The lowest BCUT2D eigenvalue weighted by molar-refractivity contribution is 0.401. The summed E-state index contributed by atoms with van der Waals surface area (Å²) in [5, 5.41) is 3.28. The van der Waals surface area contributed by atoms with Crippen molar-refractivity contribution in [3.8, 4) is 11.5 Å². The summed E-state index contributed by atoms with van der Waals surface area (Å²) in [5.74, 6) is 1.63. The highest BCUT2D eigenvalue weighted by atomic mass is 16.5. The minimum Gasteiger partial charge on any atom is -0.496 e. The number of rotatable bonds is 5. The van der Waals surface area contributed by atoms with Crippen molar-refractivity contribution >= 4 is 5.69 Å². The predicted octanol–water partition coefficient (Wildman–Crippen LogP) is 2.16. The highest BCUT2D eigenvalue weighted by molar-refractivity contribution is 5.62. The Labute approximate surface area is 103 Å². The summed E-state index contributed by atoms with van der Waals surface area (Å²) in [6, 6.07) is 3.88. The first-order chi connectivity index (χ1) is 7.87. The van der Waals surface area contributed by atoms with E-state index in [9.17, 15) is 0 Å². The van der Waals surface area contributed by atoms with Gasteiger partial charge in [0, 0.05) is 18.2 Å². The van der Waals surface area contributed by atoms with Gasteiger partial charge in [0.25, 0.3) is 0 Å². The van der Waals surface area contributed by atoms with Gasteiger partial charge in [-0.2, -0.15) is 0 Å². The second-order valence-electron chi connectivity index (χ2n) is 4.86. The van der Waals surface area contributed by atoms with E-state index < -0.39 is 0 Å². The van der Waals surface area contributed by atoms with Crippen molar-refractivity contribution < 1.29 is 9.47 Å². The second kappa shape index (κ2) is 5.27. The van der Waals surface area contributed by atoms with Crippen LogP contribution >= 0.6 is 0 Å². The van der Waals surface area contributed by atoms with Crippen LogP contribution in [-0.4, -0.2) is 26.3 Å². The van der Waals surface area contributed by atoms with Crippen LogP contribution in [0, 0.1) is 6.92 Å². The summed E-state index contributed by atoms with van der Waals surface area (Å²) in [6.45, 7) is 6.59. The number of aryl methyl sites for hydroxylation is 1. The SMILES string of the molecule is COc1cc(NCC(C)(C)N)c(OC)cc1C. The maximum absolute atomic E-state index is 5.94. The van der Waals surface area contributed by atoms with Gasteiger partial charge >= 0.3 is 0 Å². The van der Waals surface area contributed by atoms with Crippen LogP contribution in [0.5, 0.6) is 11.5 Å². The number of benzene rings is 1. The molecule has 0 fully saturated rings. The van der Waals surface area contributed by atoms with Crippen LogP contribution in [-0.2, 0) is 0 Å². The third-order valence-electron chi connectivity index (χ3n) is 2.45. The van der Waals surface area contributed by atoms with Crippen LogP contribution in [0.3, 0.4) is 0 Å². The van der Waals surface area contributed by atoms with Crippen molar-refractivity contribution in [3.63, 3.8) is 0 Å². The maximum atomic E-state index is 5.94. The van der Waals surface area contributed by atoms with E-state index in [-0.39, 0.29) is 5.54 Å². The van der Waals surface area contributed by atoms with Gasteiger partial charge in [-0.1, -0.05) is 0 Å². The van der Waals surface area contributed by atoms with E-state index in [0.29, 0.717) is 6.54 Å². The summed E-state index contributed by atoms with van der Waals surface area (Å²) in [7, 11) is 3.31. The molecule has 0 aromatic heterocycles. The molecule has 4 heteroatoms. The fourth-order valence-corrected chi connectivity index (χ4v) is 1.51. The van der Waals surface area contributed by atoms with E-state index >= 15 is 0 Å².